The van der Waals surface area contributed by atoms with Gasteiger partial charge in [0.25, 0.3) is 10.0 Å². The average Bonchev–Trinajstić information content (AvgIpc) is 2.86. The lowest BCUT2D eigenvalue weighted by Gasteiger charge is -2.25. The van der Waals surface area contributed by atoms with Gasteiger partial charge in [0.05, 0.1) is 42.5 Å². The first-order valence-corrected chi connectivity index (χ1v) is 11.7. The smallest absolute Gasteiger partial charge is 0.338 e. The van der Waals surface area contributed by atoms with Crippen LogP contribution in [0.4, 0.5) is 5.69 Å². The molecule has 0 bridgehead atoms. The van der Waals surface area contributed by atoms with Gasteiger partial charge < -0.3 is 9.47 Å². The quantitative estimate of drug-likeness (QED) is 0.323. The van der Waals surface area contributed by atoms with Gasteiger partial charge in [-0.05, 0) is 54.4 Å². The van der Waals surface area contributed by atoms with Gasteiger partial charge in [-0.25, -0.2) is 13.2 Å². The molecule has 0 heterocycles. The SMILES string of the molecule is COc1ccc(N(Cc2ccccc2)S(=O)(=O)c2cccc(C(=O)OCCCC#N)c2)cc1. The van der Waals surface area contributed by atoms with Crippen molar-refractivity contribution in [3.05, 3.63) is 90.0 Å². The lowest BCUT2D eigenvalue weighted by Crippen LogP contribution is -2.30. The van der Waals surface area contributed by atoms with Crippen LogP contribution in [0.2, 0.25) is 0 Å². The van der Waals surface area contributed by atoms with E-state index in [0.29, 0.717) is 17.9 Å². The Balaban J connectivity index is 1.94. The first-order chi connectivity index (χ1) is 16.0. The van der Waals surface area contributed by atoms with Crippen LogP contribution in [-0.2, 0) is 21.3 Å². The molecule has 3 rings (SSSR count). The number of carbonyl (C=O) groups is 1. The topological polar surface area (TPSA) is 96.7 Å². The van der Waals surface area contributed by atoms with Crippen LogP contribution < -0.4 is 9.04 Å². The zero-order valence-corrected chi connectivity index (χ0v) is 19.0. The molecule has 0 unspecified atom stereocenters. The number of unbranched alkanes of at least 4 members (excludes halogenated alkanes) is 1. The monoisotopic (exact) mass is 464 g/mol. The molecule has 3 aromatic carbocycles. The van der Waals surface area contributed by atoms with Gasteiger partial charge in [-0.15, -0.1) is 0 Å². The van der Waals surface area contributed by atoms with Crippen LogP contribution >= 0.6 is 0 Å². The molecule has 0 fully saturated rings. The zero-order chi connectivity index (χ0) is 23.7. The number of sulfonamides is 1. The fourth-order valence-electron chi connectivity index (χ4n) is 3.12. The van der Waals surface area contributed by atoms with Gasteiger partial charge in [-0.3, -0.25) is 4.31 Å². The standard InChI is InChI=1S/C25H24N2O5S/c1-31-23-14-12-22(13-15-23)27(19-20-8-3-2-4-9-20)33(29,30)24-11-7-10-21(18-24)25(28)32-17-6-5-16-26/h2-4,7-15,18H,5-6,17,19H2,1H3. The third-order valence-electron chi connectivity index (χ3n) is 4.85. The predicted octanol–water partition coefficient (Wildman–Crippen LogP) is 4.55. The third-order valence-corrected chi connectivity index (χ3v) is 6.62. The van der Waals surface area contributed by atoms with Gasteiger partial charge >= 0.3 is 5.97 Å². The fraction of sp³-hybridized carbons (Fsp3) is 0.200. The third kappa shape index (κ3) is 6.11. The summed E-state index contributed by atoms with van der Waals surface area (Å²) in [7, 11) is -2.48. The second kappa shape index (κ2) is 11.2. The number of esters is 1. The maximum absolute atomic E-state index is 13.7. The van der Waals surface area contributed by atoms with Gasteiger partial charge in [0.1, 0.15) is 5.75 Å². The van der Waals surface area contributed by atoms with Crippen LogP contribution in [0.25, 0.3) is 0 Å². The highest BCUT2D eigenvalue weighted by Gasteiger charge is 2.26. The van der Waals surface area contributed by atoms with Crippen LogP contribution in [0.15, 0.2) is 83.8 Å². The van der Waals surface area contributed by atoms with Gasteiger partial charge in [-0.2, -0.15) is 5.26 Å². The van der Waals surface area contributed by atoms with E-state index in [9.17, 15) is 13.2 Å². The Hall–Kier alpha value is -3.83. The van der Waals surface area contributed by atoms with E-state index in [4.69, 9.17) is 14.7 Å². The molecule has 0 amide bonds. The van der Waals surface area contributed by atoms with Crippen molar-refractivity contribution < 1.29 is 22.7 Å². The van der Waals surface area contributed by atoms with Gasteiger partial charge in [0.15, 0.2) is 0 Å². The minimum atomic E-state index is -4.02. The number of carbonyl (C=O) groups excluding carboxylic acids is 1. The van der Waals surface area contributed by atoms with E-state index in [1.165, 1.54) is 28.6 Å². The van der Waals surface area contributed by atoms with Gasteiger partial charge in [0, 0.05) is 6.42 Å². The molecule has 0 aliphatic rings. The molecule has 7 nitrogen and oxygen atoms in total. The van der Waals surface area contributed by atoms with Crippen LogP contribution in [0.3, 0.4) is 0 Å². The van der Waals surface area contributed by atoms with E-state index in [2.05, 4.69) is 0 Å². The van der Waals surface area contributed by atoms with E-state index in [0.717, 1.165) is 5.56 Å². The molecule has 3 aromatic rings. The first kappa shape index (κ1) is 23.8. The maximum Gasteiger partial charge on any atom is 0.338 e. The summed E-state index contributed by atoms with van der Waals surface area (Å²) in [6, 6.07) is 23.7. The second-order valence-electron chi connectivity index (χ2n) is 7.12. The Bertz CT molecular complexity index is 1220. The summed E-state index contributed by atoms with van der Waals surface area (Å²) in [5.74, 6) is -0.0269. The molecule has 0 aliphatic heterocycles. The van der Waals surface area contributed by atoms with Crippen molar-refractivity contribution in [3.8, 4) is 11.8 Å². The molecule has 8 heteroatoms. The van der Waals surface area contributed by atoms with E-state index in [-0.39, 0.29) is 30.0 Å². The van der Waals surface area contributed by atoms with Gasteiger partial charge in [-0.1, -0.05) is 36.4 Å². The molecule has 0 aromatic heterocycles. The van der Waals surface area contributed by atoms with Crippen molar-refractivity contribution >= 4 is 21.7 Å². The van der Waals surface area contributed by atoms with Crippen molar-refractivity contribution in [2.45, 2.75) is 24.3 Å². The molecule has 0 saturated carbocycles. The highest BCUT2D eigenvalue weighted by atomic mass is 32.2. The number of hydrogen-bond acceptors (Lipinski definition) is 6. The summed E-state index contributed by atoms with van der Waals surface area (Å²) in [6.07, 6.45) is 0.695. The summed E-state index contributed by atoms with van der Waals surface area (Å²) in [6.45, 7) is 0.202. The van der Waals surface area contributed by atoms with Crippen molar-refractivity contribution in [2.75, 3.05) is 18.0 Å². The number of hydrogen-bond donors (Lipinski definition) is 0. The summed E-state index contributed by atoms with van der Waals surface area (Å²) < 4.78 is 39.0. The van der Waals surface area contributed by atoms with Crippen molar-refractivity contribution in [1.82, 2.24) is 0 Å². The van der Waals surface area contributed by atoms with Crippen molar-refractivity contribution in [3.63, 3.8) is 0 Å². The lowest BCUT2D eigenvalue weighted by molar-refractivity contribution is 0.0501. The number of nitriles is 1. The summed E-state index contributed by atoms with van der Waals surface area (Å²) in [4.78, 5) is 12.3. The Morgan fingerprint density at radius 2 is 1.73 bits per heavy atom. The molecule has 33 heavy (non-hydrogen) atoms. The number of benzene rings is 3. The Kier molecular flexibility index (Phi) is 8.06. The highest BCUT2D eigenvalue weighted by molar-refractivity contribution is 7.92. The van der Waals surface area contributed by atoms with Crippen LogP contribution in [0.1, 0.15) is 28.8 Å². The Morgan fingerprint density at radius 3 is 2.39 bits per heavy atom. The fourth-order valence-corrected chi connectivity index (χ4v) is 4.62. The summed E-state index contributed by atoms with van der Waals surface area (Å²) in [5.41, 5.74) is 1.40. The van der Waals surface area contributed by atoms with E-state index >= 15 is 0 Å². The van der Waals surface area contributed by atoms with Crippen molar-refractivity contribution in [1.29, 1.82) is 5.26 Å². The molecule has 0 N–H and O–H groups in total. The summed E-state index contributed by atoms with van der Waals surface area (Å²) in [5, 5.41) is 8.59. The van der Waals surface area contributed by atoms with E-state index < -0.39 is 16.0 Å². The zero-order valence-electron chi connectivity index (χ0n) is 18.2. The summed E-state index contributed by atoms with van der Waals surface area (Å²) >= 11 is 0. The largest absolute Gasteiger partial charge is 0.497 e. The first-order valence-electron chi connectivity index (χ1n) is 10.3. The van der Waals surface area contributed by atoms with E-state index in [1.807, 2.05) is 36.4 Å². The molecular formula is C25H24N2O5S. The molecule has 170 valence electrons. The van der Waals surface area contributed by atoms with Gasteiger partial charge in [0.2, 0.25) is 0 Å². The van der Waals surface area contributed by atoms with Crippen LogP contribution in [0, 0.1) is 11.3 Å². The van der Waals surface area contributed by atoms with Crippen LogP contribution in [0.5, 0.6) is 5.75 Å². The Morgan fingerprint density at radius 1 is 1.00 bits per heavy atom. The number of rotatable bonds is 10. The molecule has 0 atom stereocenters. The molecular weight excluding hydrogens is 440 g/mol. The molecule has 0 radical (unpaired) electrons. The molecule has 0 spiro atoms. The van der Waals surface area contributed by atoms with E-state index in [1.54, 1.807) is 31.4 Å². The molecule has 0 saturated heterocycles. The van der Waals surface area contributed by atoms with Crippen molar-refractivity contribution in [2.24, 2.45) is 0 Å². The number of anilines is 1. The molecule has 0 aliphatic carbocycles. The lowest BCUT2D eigenvalue weighted by atomic mass is 10.2. The second-order valence-corrected chi connectivity index (χ2v) is 8.98. The number of methoxy groups -OCH3 is 1. The number of nitrogens with zero attached hydrogens (tertiary/aromatic N) is 2. The predicted molar refractivity (Wildman–Crippen MR) is 124 cm³/mol. The minimum absolute atomic E-state index is 0.0271. The Labute approximate surface area is 193 Å². The van der Waals surface area contributed by atoms with Crippen LogP contribution in [-0.4, -0.2) is 28.1 Å². The number of ether oxygens (including phenoxy) is 2. The maximum atomic E-state index is 13.7. The minimum Gasteiger partial charge on any atom is -0.497 e. The highest BCUT2D eigenvalue weighted by Crippen LogP contribution is 2.28. The normalized spacial score (nSPS) is 10.8. The average molecular weight is 465 g/mol.